The maximum Gasteiger partial charge on any atom is 0.129 e. The average molecular weight is 202 g/mol. The Labute approximate surface area is 88.4 Å². The molecular formula is C12H14N2O. The minimum atomic E-state index is 0.338. The van der Waals surface area contributed by atoms with Crippen LogP contribution in [0.25, 0.3) is 10.9 Å². The SMILES string of the molecule is Cc1c[nH]c2cccc(OC3CNC3)c12. The zero-order chi connectivity index (χ0) is 10.3. The van der Waals surface area contributed by atoms with Crippen molar-refractivity contribution >= 4 is 10.9 Å². The first-order valence-electron chi connectivity index (χ1n) is 5.28. The Hall–Kier alpha value is -1.48. The molecule has 3 nitrogen and oxygen atoms in total. The number of ether oxygens (including phenoxy) is 1. The molecule has 0 bridgehead atoms. The van der Waals surface area contributed by atoms with Crippen LogP contribution < -0.4 is 10.1 Å². The van der Waals surface area contributed by atoms with Gasteiger partial charge in [-0.05, 0) is 24.6 Å². The number of hydrogen-bond acceptors (Lipinski definition) is 2. The van der Waals surface area contributed by atoms with Gasteiger partial charge in [-0.2, -0.15) is 0 Å². The summed E-state index contributed by atoms with van der Waals surface area (Å²) in [6.45, 7) is 4.02. The lowest BCUT2D eigenvalue weighted by atomic mass is 10.1. The molecule has 0 spiro atoms. The fourth-order valence-corrected chi connectivity index (χ4v) is 1.94. The van der Waals surface area contributed by atoms with Gasteiger partial charge in [-0.25, -0.2) is 0 Å². The van der Waals surface area contributed by atoms with Crippen LogP contribution in [0.4, 0.5) is 0 Å². The van der Waals surface area contributed by atoms with Gasteiger partial charge >= 0.3 is 0 Å². The van der Waals surface area contributed by atoms with Crippen LogP contribution in [-0.4, -0.2) is 24.2 Å². The van der Waals surface area contributed by atoms with Gasteiger partial charge in [0.1, 0.15) is 11.9 Å². The molecule has 0 amide bonds. The van der Waals surface area contributed by atoms with Crippen LogP contribution in [0.2, 0.25) is 0 Å². The van der Waals surface area contributed by atoms with Gasteiger partial charge in [0.05, 0.1) is 0 Å². The Kier molecular flexibility index (Phi) is 1.92. The molecule has 2 N–H and O–H groups in total. The molecule has 2 heterocycles. The summed E-state index contributed by atoms with van der Waals surface area (Å²) in [5.74, 6) is 0.998. The van der Waals surface area contributed by atoms with Gasteiger partial charge in [0, 0.05) is 30.2 Å². The number of aromatic nitrogens is 1. The third-order valence-electron chi connectivity index (χ3n) is 2.90. The molecule has 0 radical (unpaired) electrons. The lowest BCUT2D eigenvalue weighted by Gasteiger charge is -2.28. The van der Waals surface area contributed by atoms with Gasteiger partial charge in [0.15, 0.2) is 0 Å². The molecule has 0 unspecified atom stereocenters. The first-order valence-corrected chi connectivity index (χ1v) is 5.28. The third-order valence-corrected chi connectivity index (χ3v) is 2.90. The van der Waals surface area contributed by atoms with Crippen molar-refractivity contribution in [3.63, 3.8) is 0 Å². The molecule has 3 rings (SSSR count). The molecule has 1 fully saturated rings. The largest absolute Gasteiger partial charge is 0.487 e. The molecule has 0 atom stereocenters. The molecule has 1 aromatic carbocycles. The Bertz CT molecular complexity index is 485. The highest BCUT2D eigenvalue weighted by Crippen LogP contribution is 2.29. The molecule has 0 saturated carbocycles. The Morgan fingerprint density at radius 1 is 1.33 bits per heavy atom. The smallest absolute Gasteiger partial charge is 0.129 e. The van der Waals surface area contributed by atoms with Crippen molar-refractivity contribution < 1.29 is 4.74 Å². The lowest BCUT2D eigenvalue weighted by molar-refractivity contribution is 0.144. The Morgan fingerprint density at radius 2 is 2.20 bits per heavy atom. The second kappa shape index (κ2) is 3.28. The van der Waals surface area contributed by atoms with Crippen LogP contribution in [0.1, 0.15) is 5.56 Å². The molecule has 78 valence electrons. The number of H-pyrrole nitrogens is 1. The van der Waals surface area contributed by atoms with Crippen LogP contribution in [0.3, 0.4) is 0 Å². The van der Waals surface area contributed by atoms with E-state index in [1.165, 1.54) is 10.9 Å². The topological polar surface area (TPSA) is 37.0 Å². The minimum Gasteiger partial charge on any atom is -0.487 e. The van der Waals surface area contributed by atoms with E-state index in [0.29, 0.717) is 6.10 Å². The fourth-order valence-electron chi connectivity index (χ4n) is 1.94. The van der Waals surface area contributed by atoms with Gasteiger partial charge in [-0.15, -0.1) is 0 Å². The van der Waals surface area contributed by atoms with Crippen molar-refractivity contribution in [2.75, 3.05) is 13.1 Å². The molecule has 1 aliphatic heterocycles. The second-order valence-corrected chi connectivity index (χ2v) is 4.05. The highest BCUT2D eigenvalue weighted by molar-refractivity contribution is 5.89. The van der Waals surface area contributed by atoms with E-state index >= 15 is 0 Å². The van der Waals surface area contributed by atoms with Gasteiger partial charge in [-0.3, -0.25) is 0 Å². The molecular weight excluding hydrogens is 188 g/mol. The first kappa shape index (κ1) is 8.80. The van der Waals surface area contributed by atoms with Gasteiger partial charge in [-0.1, -0.05) is 6.07 Å². The third kappa shape index (κ3) is 1.39. The summed E-state index contributed by atoms with van der Waals surface area (Å²) >= 11 is 0. The van der Waals surface area contributed by atoms with Crippen LogP contribution in [0.15, 0.2) is 24.4 Å². The molecule has 1 saturated heterocycles. The van der Waals surface area contributed by atoms with Gasteiger partial charge < -0.3 is 15.0 Å². The normalized spacial score (nSPS) is 16.6. The Balaban J connectivity index is 2.04. The second-order valence-electron chi connectivity index (χ2n) is 4.05. The predicted molar refractivity (Wildman–Crippen MR) is 60.3 cm³/mol. The van der Waals surface area contributed by atoms with Gasteiger partial charge in [0.2, 0.25) is 0 Å². The first-order chi connectivity index (χ1) is 7.34. The average Bonchev–Trinajstić information content (AvgIpc) is 2.55. The molecule has 3 heteroatoms. The van der Waals surface area contributed by atoms with Gasteiger partial charge in [0.25, 0.3) is 0 Å². The maximum atomic E-state index is 5.92. The summed E-state index contributed by atoms with van der Waals surface area (Å²) < 4.78 is 5.92. The monoisotopic (exact) mass is 202 g/mol. The van der Waals surface area contributed by atoms with E-state index in [-0.39, 0.29) is 0 Å². The van der Waals surface area contributed by atoms with Crippen molar-refractivity contribution in [3.05, 3.63) is 30.0 Å². The van der Waals surface area contributed by atoms with Crippen LogP contribution in [-0.2, 0) is 0 Å². The summed E-state index contributed by atoms with van der Waals surface area (Å²) in [4.78, 5) is 3.24. The van der Waals surface area contributed by atoms with E-state index < -0.39 is 0 Å². The van der Waals surface area contributed by atoms with E-state index in [1.807, 2.05) is 18.3 Å². The van der Waals surface area contributed by atoms with Crippen LogP contribution >= 0.6 is 0 Å². The Morgan fingerprint density at radius 3 is 2.93 bits per heavy atom. The van der Waals surface area contributed by atoms with Crippen molar-refractivity contribution in [2.45, 2.75) is 13.0 Å². The van der Waals surface area contributed by atoms with E-state index in [0.717, 1.165) is 24.4 Å². The predicted octanol–water partition coefficient (Wildman–Crippen LogP) is 1.83. The lowest BCUT2D eigenvalue weighted by Crippen LogP contribution is -2.50. The molecule has 1 aliphatic rings. The fraction of sp³-hybridized carbons (Fsp3) is 0.333. The summed E-state index contributed by atoms with van der Waals surface area (Å²) in [5, 5.41) is 4.42. The number of fused-ring (bicyclic) bond motifs is 1. The van der Waals surface area contributed by atoms with Crippen molar-refractivity contribution in [1.82, 2.24) is 10.3 Å². The molecule has 15 heavy (non-hydrogen) atoms. The maximum absolute atomic E-state index is 5.92. The quantitative estimate of drug-likeness (QED) is 0.779. The standard InChI is InChI=1S/C12H14N2O/c1-8-5-14-10-3-2-4-11(12(8)10)15-9-6-13-7-9/h2-5,9,13-14H,6-7H2,1H3. The van der Waals surface area contributed by atoms with Crippen LogP contribution in [0.5, 0.6) is 5.75 Å². The van der Waals surface area contributed by atoms with Crippen molar-refractivity contribution in [2.24, 2.45) is 0 Å². The zero-order valence-electron chi connectivity index (χ0n) is 8.71. The number of aryl methyl sites for hydroxylation is 1. The summed E-state index contributed by atoms with van der Waals surface area (Å²) in [5.41, 5.74) is 2.39. The number of hydrogen-bond donors (Lipinski definition) is 2. The molecule has 1 aromatic heterocycles. The van der Waals surface area contributed by atoms with E-state index in [2.05, 4.69) is 23.3 Å². The minimum absolute atomic E-state index is 0.338. The number of aromatic amines is 1. The zero-order valence-corrected chi connectivity index (χ0v) is 8.71. The number of benzene rings is 1. The summed E-state index contributed by atoms with van der Waals surface area (Å²) in [6, 6.07) is 6.15. The summed E-state index contributed by atoms with van der Waals surface area (Å²) in [7, 11) is 0. The highest BCUT2D eigenvalue weighted by atomic mass is 16.5. The van der Waals surface area contributed by atoms with E-state index in [4.69, 9.17) is 4.74 Å². The molecule has 2 aromatic rings. The van der Waals surface area contributed by atoms with Crippen molar-refractivity contribution in [1.29, 1.82) is 0 Å². The highest BCUT2D eigenvalue weighted by Gasteiger charge is 2.19. The summed E-state index contributed by atoms with van der Waals surface area (Å²) in [6.07, 6.45) is 2.36. The van der Waals surface area contributed by atoms with E-state index in [9.17, 15) is 0 Å². The number of rotatable bonds is 2. The van der Waals surface area contributed by atoms with E-state index in [1.54, 1.807) is 0 Å². The number of nitrogens with one attached hydrogen (secondary N) is 2. The van der Waals surface area contributed by atoms with Crippen LogP contribution in [0, 0.1) is 6.92 Å². The molecule has 0 aliphatic carbocycles. The van der Waals surface area contributed by atoms with Crippen molar-refractivity contribution in [3.8, 4) is 5.75 Å².